The number of fused-ring (bicyclic) bond motifs is 1. The minimum absolute atomic E-state index is 0.00761. The van der Waals surface area contributed by atoms with Crippen molar-refractivity contribution in [3.05, 3.63) is 53.3 Å². The van der Waals surface area contributed by atoms with Gasteiger partial charge in [0.05, 0.1) is 16.4 Å². The maximum atomic E-state index is 13.6. The standard InChI is InChI=1S/C17H20ClFN2O2S2/c1-11(8-9-20)17-24-16-5-3-2-4-15(16)21(25(17,22)23)12-6-7-14(19)13(18)10-12/h2-7,10-11,17,22-23H,8-9,20H2,1H3. The minimum Gasteiger partial charge on any atom is -0.330 e. The Bertz CT molecular complexity index is 778. The molecule has 1 heterocycles. The van der Waals surface area contributed by atoms with E-state index in [2.05, 4.69) is 0 Å². The van der Waals surface area contributed by atoms with Crippen molar-refractivity contribution in [1.29, 1.82) is 0 Å². The number of halogens is 2. The van der Waals surface area contributed by atoms with E-state index in [1.807, 2.05) is 31.2 Å². The Balaban J connectivity index is 2.14. The molecular formula is C17H20ClFN2O2S2. The molecule has 2 unspecified atom stereocenters. The summed E-state index contributed by atoms with van der Waals surface area (Å²) in [6, 6.07) is 11.7. The second-order valence-corrected chi connectivity index (χ2v) is 9.85. The van der Waals surface area contributed by atoms with Crippen LogP contribution in [0.15, 0.2) is 47.4 Å². The van der Waals surface area contributed by atoms with Crippen LogP contribution in [-0.4, -0.2) is 20.2 Å². The first kappa shape index (κ1) is 18.8. The first-order valence-electron chi connectivity index (χ1n) is 7.84. The molecule has 2 aromatic rings. The summed E-state index contributed by atoms with van der Waals surface area (Å²) >= 11 is 7.38. The molecule has 2 atom stereocenters. The Kier molecular flexibility index (Phi) is 5.53. The number of thioether (sulfide) groups is 1. The van der Waals surface area contributed by atoms with Gasteiger partial charge in [-0.2, -0.15) is 0 Å². The van der Waals surface area contributed by atoms with Gasteiger partial charge in [-0.3, -0.25) is 9.11 Å². The van der Waals surface area contributed by atoms with E-state index < -0.39 is 21.2 Å². The molecule has 4 nitrogen and oxygen atoms in total. The third-order valence-electron chi connectivity index (χ3n) is 4.13. The summed E-state index contributed by atoms with van der Waals surface area (Å²) < 4.78 is 36.8. The van der Waals surface area contributed by atoms with Crippen molar-refractivity contribution in [2.75, 3.05) is 10.8 Å². The van der Waals surface area contributed by atoms with Crippen LogP contribution < -0.4 is 10.0 Å². The van der Waals surface area contributed by atoms with Gasteiger partial charge in [-0.05, 0) is 49.2 Å². The Hall–Kier alpha value is -0.960. The van der Waals surface area contributed by atoms with E-state index in [1.165, 1.54) is 34.3 Å². The molecule has 0 saturated carbocycles. The highest BCUT2D eigenvalue weighted by Gasteiger charge is 2.42. The summed E-state index contributed by atoms with van der Waals surface area (Å²) in [6.07, 6.45) is 0.674. The molecule has 1 aliphatic heterocycles. The first-order valence-corrected chi connectivity index (χ1v) is 10.7. The number of hydrogen-bond donors (Lipinski definition) is 3. The van der Waals surface area contributed by atoms with Crippen molar-refractivity contribution in [3.63, 3.8) is 0 Å². The second kappa shape index (κ2) is 7.34. The SMILES string of the molecule is CC(CCN)C1Sc2ccccc2N(c2ccc(F)c(Cl)c2)S1(O)O. The third-order valence-corrected chi connectivity index (χ3v) is 8.81. The van der Waals surface area contributed by atoms with Crippen molar-refractivity contribution in [3.8, 4) is 0 Å². The van der Waals surface area contributed by atoms with E-state index in [0.29, 0.717) is 24.3 Å². The molecule has 0 bridgehead atoms. The van der Waals surface area contributed by atoms with Gasteiger partial charge in [-0.15, -0.1) is 10.8 Å². The number of nitrogens with two attached hydrogens (primary N) is 1. The third kappa shape index (κ3) is 3.49. The number of anilines is 2. The fourth-order valence-electron chi connectivity index (χ4n) is 2.90. The molecule has 25 heavy (non-hydrogen) atoms. The van der Waals surface area contributed by atoms with Gasteiger partial charge in [-0.25, -0.2) is 8.70 Å². The molecule has 0 amide bonds. The van der Waals surface area contributed by atoms with Gasteiger partial charge in [0.25, 0.3) is 0 Å². The van der Waals surface area contributed by atoms with Crippen molar-refractivity contribution in [2.45, 2.75) is 22.8 Å². The molecule has 2 aromatic carbocycles. The van der Waals surface area contributed by atoms with E-state index in [1.54, 1.807) is 0 Å². The zero-order chi connectivity index (χ0) is 18.2. The van der Waals surface area contributed by atoms with E-state index in [0.717, 1.165) is 4.90 Å². The van der Waals surface area contributed by atoms with Crippen LogP contribution in [0.5, 0.6) is 0 Å². The van der Waals surface area contributed by atoms with Crippen molar-refractivity contribution in [2.24, 2.45) is 11.7 Å². The summed E-state index contributed by atoms with van der Waals surface area (Å²) in [6.45, 7) is 2.43. The number of benzene rings is 2. The molecule has 8 heteroatoms. The fourth-order valence-corrected chi connectivity index (χ4v) is 7.11. The van der Waals surface area contributed by atoms with Crippen LogP contribution in [-0.2, 0) is 0 Å². The van der Waals surface area contributed by atoms with Crippen LogP contribution in [0.2, 0.25) is 5.02 Å². The lowest BCUT2D eigenvalue weighted by molar-refractivity contribution is 0.456. The molecule has 3 rings (SSSR count). The monoisotopic (exact) mass is 402 g/mol. The highest BCUT2D eigenvalue weighted by molar-refractivity contribution is 8.34. The van der Waals surface area contributed by atoms with Crippen molar-refractivity contribution < 1.29 is 13.5 Å². The zero-order valence-corrected chi connectivity index (χ0v) is 16.0. The van der Waals surface area contributed by atoms with Gasteiger partial charge in [0, 0.05) is 4.90 Å². The van der Waals surface area contributed by atoms with E-state index >= 15 is 0 Å². The molecule has 0 saturated heterocycles. The van der Waals surface area contributed by atoms with Gasteiger partial charge in [0.2, 0.25) is 0 Å². The van der Waals surface area contributed by atoms with Gasteiger partial charge < -0.3 is 5.73 Å². The lowest BCUT2D eigenvalue weighted by atomic mass is 10.1. The maximum absolute atomic E-state index is 13.6. The van der Waals surface area contributed by atoms with E-state index in [9.17, 15) is 13.5 Å². The second-order valence-electron chi connectivity index (χ2n) is 5.96. The molecule has 1 aliphatic rings. The summed E-state index contributed by atoms with van der Waals surface area (Å²) in [4.78, 5) is 0.933. The fraction of sp³-hybridized carbons (Fsp3) is 0.294. The molecule has 0 fully saturated rings. The largest absolute Gasteiger partial charge is 0.330 e. The highest BCUT2D eigenvalue weighted by Crippen LogP contribution is 2.66. The Labute approximate surface area is 157 Å². The topological polar surface area (TPSA) is 69.7 Å². The molecule has 0 radical (unpaired) electrons. The molecule has 0 aromatic heterocycles. The van der Waals surface area contributed by atoms with Gasteiger partial charge >= 0.3 is 0 Å². The lowest BCUT2D eigenvalue weighted by Crippen LogP contribution is -2.37. The highest BCUT2D eigenvalue weighted by atomic mass is 35.5. The van der Waals surface area contributed by atoms with Crippen LogP contribution in [0, 0.1) is 11.7 Å². The molecule has 0 aliphatic carbocycles. The average molecular weight is 403 g/mol. The Morgan fingerprint density at radius 2 is 2.04 bits per heavy atom. The number of nitrogens with zero attached hydrogens (tertiary/aromatic N) is 1. The minimum atomic E-state index is -3.22. The Morgan fingerprint density at radius 1 is 1.32 bits per heavy atom. The lowest BCUT2D eigenvalue weighted by Gasteiger charge is -2.53. The predicted molar refractivity (Wildman–Crippen MR) is 105 cm³/mol. The zero-order valence-electron chi connectivity index (χ0n) is 13.6. The van der Waals surface area contributed by atoms with E-state index in [4.69, 9.17) is 17.3 Å². The molecular weight excluding hydrogens is 383 g/mol. The van der Waals surface area contributed by atoms with Crippen LogP contribution in [0.1, 0.15) is 13.3 Å². The normalized spacial score (nSPS) is 21.5. The summed E-state index contributed by atoms with van der Waals surface area (Å²) in [5.41, 5.74) is 6.79. The number of para-hydroxylation sites is 1. The summed E-state index contributed by atoms with van der Waals surface area (Å²) in [5, 5.41) is -0.0602. The summed E-state index contributed by atoms with van der Waals surface area (Å²) in [5.74, 6) is -0.554. The van der Waals surface area contributed by atoms with Gasteiger partial charge in [0.15, 0.2) is 0 Å². The van der Waals surface area contributed by atoms with E-state index in [-0.39, 0.29) is 10.9 Å². The van der Waals surface area contributed by atoms with Crippen LogP contribution in [0.25, 0.3) is 0 Å². The number of hydrogen-bond acceptors (Lipinski definition) is 5. The molecule has 136 valence electrons. The summed E-state index contributed by atoms with van der Waals surface area (Å²) in [7, 11) is -3.22. The quantitative estimate of drug-likeness (QED) is 0.611. The maximum Gasteiger partial charge on any atom is 0.141 e. The Morgan fingerprint density at radius 3 is 2.72 bits per heavy atom. The first-order chi connectivity index (χ1) is 11.9. The average Bonchev–Trinajstić information content (AvgIpc) is 2.56. The van der Waals surface area contributed by atoms with Crippen LogP contribution in [0.3, 0.4) is 0 Å². The van der Waals surface area contributed by atoms with Crippen molar-refractivity contribution in [1.82, 2.24) is 0 Å². The van der Waals surface area contributed by atoms with Gasteiger partial charge in [-0.1, -0.05) is 42.4 Å². The van der Waals surface area contributed by atoms with Crippen molar-refractivity contribution >= 4 is 45.5 Å². The molecule has 4 N–H and O–H groups in total. The van der Waals surface area contributed by atoms with Crippen LogP contribution in [0.4, 0.5) is 15.8 Å². The van der Waals surface area contributed by atoms with Gasteiger partial charge in [0.1, 0.15) is 10.4 Å². The predicted octanol–water partition coefficient (Wildman–Crippen LogP) is 5.70. The molecule has 0 spiro atoms. The number of rotatable bonds is 4. The smallest absolute Gasteiger partial charge is 0.141 e. The van der Waals surface area contributed by atoms with Crippen LogP contribution >= 0.6 is 34.1 Å².